The molecule has 0 saturated carbocycles. The predicted molar refractivity (Wildman–Crippen MR) is 67.2 cm³/mol. The van der Waals surface area contributed by atoms with Crippen molar-refractivity contribution in [3.8, 4) is 0 Å². The average molecular weight is 248 g/mol. The van der Waals surface area contributed by atoms with Crippen LogP contribution < -0.4 is 16.4 Å². The highest BCUT2D eigenvalue weighted by molar-refractivity contribution is 5.96. The molecule has 1 amide bonds. The van der Waals surface area contributed by atoms with Gasteiger partial charge in [0.1, 0.15) is 0 Å². The number of hydrogen-bond donors (Lipinski definition) is 4. The number of nitrogens with two attached hydrogens (primary N) is 1. The first-order valence-electron chi connectivity index (χ1n) is 5.78. The molecule has 1 atom stereocenters. The maximum absolute atomic E-state index is 11.6. The summed E-state index contributed by atoms with van der Waals surface area (Å²) in [5.74, 6) is 0.103. The smallest absolute Gasteiger partial charge is 0.237 e. The molecule has 0 spiro atoms. The van der Waals surface area contributed by atoms with Crippen molar-refractivity contribution < 1.29 is 10.0 Å². The Kier molecular flexibility index (Phi) is 3.78. The topological polar surface area (TPSA) is 99.7 Å². The van der Waals surface area contributed by atoms with Crippen molar-refractivity contribution in [2.75, 3.05) is 6.54 Å². The summed E-state index contributed by atoms with van der Waals surface area (Å²) in [7, 11) is 0. The van der Waals surface area contributed by atoms with Crippen molar-refractivity contribution in [1.82, 2.24) is 10.6 Å². The fourth-order valence-electron chi connectivity index (χ4n) is 1.68. The molecule has 1 heterocycles. The maximum Gasteiger partial charge on any atom is 0.237 e. The van der Waals surface area contributed by atoms with Crippen molar-refractivity contribution in [3.05, 3.63) is 35.4 Å². The monoisotopic (exact) mass is 248 g/mol. The van der Waals surface area contributed by atoms with Gasteiger partial charge in [-0.05, 0) is 18.5 Å². The van der Waals surface area contributed by atoms with E-state index in [1.807, 2.05) is 12.1 Å². The Morgan fingerprint density at radius 2 is 2.17 bits per heavy atom. The van der Waals surface area contributed by atoms with Gasteiger partial charge in [-0.3, -0.25) is 4.79 Å². The predicted octanol–water partition coefficient (Wildman–Crippen LogP) is -0.241. The molecule has 0 aliphatic carbocycles. The van der Waals surface area contributed by atoms with Gasteiger partial charge in [0.25, 0.3) is 0 Å². The van der Waals surface area contributed by atoms with Crippen LogP contribution in [0.1, 0.15) is 17.5 Å². The van der Waals surface area contributed by atoms with Gasteiger partial charge in [0, 0.05) is 12.1 Å². The molecule has 0 radical (unpaired) electrons. The fraction of sp³-hybridized carbons (Fsp3) is 0.333. The van der Waals surface area contributed by atoms with Crippen molar-refractivity contribution >= 4 is 11.7 Å². The van der Waals surface area contributed by atoms with E-state index >= 15 is 0 Å². The third-order valence-corrected chi connectivity index (χ3v) is 2.96. The molecule has 18 heavy (non-hydrogen) atoms. The Balaban J connectivity index is 1.88. The van der Waals surface area contributed by atoms with E-state index in [9.17, 15) is 4.79 Å². The molecule has 6 heteroatoms. The summed E-state index contributed by atoms with van der Waals surface area (Å²) in [5.41, 5.74) is 7.07. The number of nitrogens with one attached hydrogen (secondary N) is 2. The van der Waals surface area contributed by atoms with Gasteiger partial charge < -0.3 is 21.6 Å². The summed E-state index contributed by atoms with van der Waals surface area (Å²) in [5, 5.41) is 17.3. The number of rotatable bonds is 4. The van der Waals surface area contributed by atoms with Crippen LogP contribution in [-0.2, 0) is 11.3 Å². The number of oxime groups is 1. The lowest BCUT2D eigenvalue weighted by atomic mass is 10.1. The SMILES string of the molecule is NC(=NO)c1ccc(CNC(=O)[C@@H]2CCN2)cc1. The van der Waals surface area contributed by atoms with E-state index < -0.39 is 0 Å². The van der Waals surface area contributed by atoms with Gasteiger partial charge >= 0.3 is 0 Å². The summed E-state index contributed by atoms with van der Waals surface area (Å²) in [6.07, 6.45) is 0.897. The molecular weight excluding hydrogens is 232 g/mol. The molecule has 0 unspecified atom stereocenters. The second-order valence-corrected chi connectivity index (χ2v) is 4.20. The normalized spacial score (nSPS) is 19.1. The van der Waals surface area contributed by atoms with E-state index in [-0.39, 0.29) is 17.8 Å². The van der Waals surface area contributed by atoms with Crippen LogP contribution in [0.25, 0.3) is 0 Å². The van der Waals surface area contributed by atoms with E-state index in [2.05, 4.69) is 15.8 Å². The Morgan fingerprint density at radius 1 is 1.50 bits per heavy atom. The Hall–Kier alpha value is -2.08. The van der Waals surface area contributed by atoms with E-state index in [0.29, 0.717) is 12.1 Å². The number of hydrogen-bond acceptors (Lipinski definition) is 4. The number of carbonyl (C=O) groups excluding carboxylic acids is 1. The van der Waals surface area contributed by atoms with Gasteiger partial charge in [-0.1, -0.05) is 29.4 Å². The highest BCUT2D eigenvalue weighted by Gasteiger charge is 2.23. The average Bonchev–Trinajstić information content (AvgIpc) is 2.34. The summed E-state index contributed by atoms with van der Waals surface area (Å²) in [4.78, 5) is 11.6. The second kappa shape index (κ2) is 5.50. The van der Waals surface area contributed by atoms with Gasteiger partial charge in [-0.15, -0.1) is 0 Å². The Labute approximate surface area is 105 Å². The molecule has 6 nitrogen and oxygen atoms in total. The molecule has 1 fully saturated rings. The van der Waals surface area contributed by atoms with Gasteiger partial charge in [0.2, 0.25) is 5.91 Å². The van der Waals surface area contributed by atoms with Gasteiger partial charge in [0.05, 0.1) is 6.04 Å². The lowest BCUT2D eigenvalue weighted by Crippen LogP contribution is -2.52. The van der Waals surface area contributed by atoms with Gasteiger partial charge in [-0.25, -0.2) is 0 Å². The van der Waals surface area contributed by atoms with Crippen LogP contribution in [0.4, 0.5) is 0 Å². The molecule has 0 bridgehead atoms. The quantitative estimate of drug-likeness (QED) is 0.256. The van der Waals surface area contributed by atoms with Crippen LogP contribution in [0.15, 0.2) is 29.4 Å². The zero-order valence-corrected chi connectivity index (χ0v) is 9.89. The summed E-state index contributed by atoms with van der Waals surface area (Å²) in [6.45, 7) is 1.39. The number of carbonyl (C=O) groups is 1. The van der Waals surface area contributed by atoms with Crippen LogP contribution in [-0.4, -0.2) is 29.5 Å². The largest absolute Gasteiger partial charge is 0.409 e. The molecule has 1 aliphatic rings. The molecule has 96 valence electrons. The van der Waals surface area contributed by atoms with E-state index in [1.54, 1.807) is 12.1 Å². The number of nitrogens with zero attached hydrogens (tertiary/aromatic N) is 1. The summed E-state index contributed by atoms with van der Waals surface area (Å²) >= 11 is 0. The minimum atomic E-state index is -0.0403. The molecule has 0 aromatic heterocycles. The minimum absolute atomic E-state index is 0.0294. The molecule has 1 aromatic carbocycles. The lowest BCUT2D eigenvalue weighted by Gasteiger charge is -2.26. The third-order valence-electron chi connectivity index (χ3n) is 2.96. The minimum Gasteiger partial charge on any atom is -0.409 e. The van der Waals surface area contributed by atoms with Crippen molar-refractivity contribution in [2.24, 2.45) is 10.9 Å². The van der Waals surface area contributed by atoms with Gasteiger partial charge in [0.15, 0.2) is 5.84 Å². The van der Waals surface area contributed by atoms with E-state index in [4.69, 9.17) is 10.9 Å². The summed E-state index contributed by atoms with van der Waals surface area (Å²) < 4.78 is 0. The van der Waals surface area contributed by atoms with Crippen LogP contribution in [0.3, 0.4) is 0 Å². The zero-order chi connectivity index (χ0) is 13.0. The van der Waals surface area contributed by atoms with Crippen molar-refractivity contribution in [1.29, 1.82) is 0 Å². The fourth-order valence-corrected chi connectivity index (χ4v) is 1.68. The number of amidine groups is 1. The first-order chi connectivity index (χ1) is 8.70. The molecule has 5 N–H and O–H groups in total. The lowest BCUT2D eigenvalue weighted by molar-refractivity contribution is -0.124. The molecule has 1 aliphatic heterocycles. The molecule has 2 rings (SSSR count). The second-order valence-electron chi connectivity index (χ2n) is 4.20. The number of amides is 1. The van der Waals surface area contributed by atoms with Crippen LogP contribution in [0, 0.1) is 0 Å². The Bertz CT molecular complexity index is 452. The first-order valence-corrected chi connectivity index (χ1v) is 5.78. The highest BCUT2D eigenvalue weighted by atomic mass is 16.4. The van der Waals surface area contributed by atoms with Crippen LogP contribution >= 0.6 is 0 Å². The third kappa shape index (κ3) is 2.78. The van der Waals surface area contributed by atoms with Crippen LogP contribution in [0.2, 0.25) is 0 Å². The molecular formula is C12H16N4O2. The van der Waals surface area contributed by atoms with Crippen LogP contribution in [0.5, 0.6) is 0 Å². The molecule has 1 aromatic rings. The molecule has 1 saturated heterocycles. The Morgan fingerprint density at radius 3 is 2.67 bits per heavy atom. The standard InChI is InChI=1S/C12H16N4O2/c13-11(16-18)9-3-1-8(2-4-9)7-15-12(17)10-5-6-14-10/h1-4,10,14,18H,5-7H2,(H2,13,16)(H,15,17)/t10-/m0/s1. The van der Waals surface area contributed by atoms with Gasteiger partial charge in [-0.2, -0.15) is 0 Å². The van der Waals surface area contributed by atoms with E-state index in [1.165, 1.54) is 0 Å². The number of benzene rings is 1. The van der Waals surface area contributed by atoms with Crippen molar-refractivity contribution in [3.63, 3.8) is 0 Å². The highest BCUT2D eigenvalue weighted by Crippen LogP contribution is 2.05. The zero-order valence-electron chi connectivity index (χ0n) is 9.89. The summed E-state index contributed by atoms with van der Waals surface area (Å²) in [6, 6.07) is 7.13. The van der Waals surface area contributed by atoms with Crippen molar-refractivity contribution in [2.45, 2.75) is 19.0 Å². The first kappa shape index (κ1) is 12.4. The maximum atomic E-state index is 11.6. The van der Waals surface area contributed by atoms with E-state index in [0.717, 1.165) is 18.5 Å².